The number of carbonyl (C=O) groups is 2. The Balaban J connectivity index is 3.71. The van der Waals surface area contributed by atoms with Crippen LogP contribution in [0.5, 0.6) is 0 Å². The summed E-state index contributed by atoms with van der Waals surface area (Å²) in [6, 6.07) is 0. The SMILES string of the molecule is CC(C)CCCCCCCCCCCC(=O)OC[C@H](CO)OC(=O)CCC/C=C\C/C=C\C/C=C\C/C=C\CCC[C@H](C)O. The van der Waals surface area contributed by atoms with Crippen LogP contribution in [0.4, 0.5) is 0 Å². The minimum Gasteiger partial charge on any atom is -0.462 e. The van der Waals surface area contributed by atoms with Crippen LogP contribution in [0, 0.1) is 5.92 Å². The van der Waals surface area contributed by atoms with E-state index in [1.54, 1.807) is 0 Å². The van der Waals surface area contributed by atoms with E-state index in [0.29, 0.717) is 12.8 Å². The molecule has 0 aromatic carbocycles. The van der Waals surface area contributed by atoms with Gasteiger partial charge in [-0.3, -0.25) is 9.59 Å². The Kier molecular flexibility index (Phi) is 30.6. The van der Waals surface area contributed by atoms with E-state index < -0.39 is 6.10 Å². The van der Waals surface area contributed by atoms with Gasteiger partial charge in [-0.25, -0.2) is 0 Å². The number of ether oxygens (including phenoxy) is 2. The van der Waals surface area contributed by atoms with E-state index in [1.165, 1.54) is 44.9 Å². The van der Waals surface area contributed by atoms with Gasteiger partial charge in [0.25, 0.3) is 0 Å². The summed E-state index contributed by atoms with van der Waals surface area (Å²) in [6.07, 6.45) is 35.9. The largest absolute Gasteiger partial charge is 0.462 e. The molecule has 0 fully saturated rings. The second-order valence-corrected chi connectivity index (χ2v) is 12.4. The van der Waals surface area contributed by atoms with Crippen molar-refractivity contribution in [2.24, 2.45) is 5.92 Å². The fourth-order valence-electron chi connectivity index (χ4n) is 4.63. The molecule has 0 aliphatic rings. The third kappa shape index (κ3) is 32.7. The van der Waals surface area contributed by atoms with Crippen LogP contribution < -0.4 is 0 Å². The standard InChI is InChI=1S/C38H66O6/c1-34(2)28-24-20-16-12-11-15-18-22-26-30-37(41)43-33-36(32-39)44-38(42)31-27-23-19-14-10-8-6-4-5-7-9-13-17-21-25-29-35(3)40/h5-8,13-14,17,19,34-36,39-40H,4,9-12,15-16,18,20-33H2,1-3H3/b7-5-,8-6-,17-13-,19-14-/t35-,36-/m0/s1. The van der Waals surface area contributed by atoms with Gasteiger partial charge in [-0.2, -0.15) is 0 Å². The molecule has 0 spiro atoms. The molecule has 0 saturated carbocycles. The van der Waals surface area contributed by atoms with Crippen molar-refractivity contribution in [3.8, 4) is 0 Å². The van der Waals surface area contributed by atoms with Crippen molar-refractivity contribution in [1.29, 1.82) is 0 Å². The first-order valence-electron chi connectivity index (χ1n) is 17.6. The normalized spacial score (nSPS) is 13.6. The van der Waals surface area contributed by atoms with Crippen LogP contribution in [0.2, 0.25) is 0 Å². The Labute approximate surface area is 270 Å². The van der Waals surface area contributed by atoms with Crippen LogP contribution >= 0.6 is 0 Å². The molecule has 0 aliphatic heterocycles. The molecule has 0 rings (SSSR count). The number of hydrogen-bond acceptors (Lipinski definition) is 6. The first-order chi connectivity index (χ1) is 21.3. The lowest BCUT2D eigenvalue weighted by Crippen LogP contribution is -2.28. The van der Waals surface area contributed by atoms with Crippen LogP contribution in [0.15, 0.2) is 48.6 Å². The van der Waals surface area contributed by atoms with Gasteiger partial charge in [-0.05, 0) is 70.6 Å². The van der Waals surface area contributed by atoms with E-state index in [4.69, 9.17) is 9.47 Å². The molecule has 0 aliphatic carbocycles. The number of allylic oxidation sites excluding steroid dienone is 8. The minimum atomic E-state index is -0.807. The first-order valence-corrected chi connectivity index (χ1v) is 17.6. The molecule has 0 saturated heterocycles. The lowest BCUT2D eigenvalue weighted by molar-refractivity contribution is -0.161. The summed E-state index contributed by atoms with van der Waals surface area (Å²) in [4.78, 5) is 24.1. The van der Waals surface area contributed by atoms with E-state index in [0.717, 1.165) is 70.1 Å². The molecule has 0 radical (unpaired) electrons. The van der Waals surface area contributed by atoms with E-state index in [1.807, 2.05) is 6.92 Å². The molecule has 6 heteroatoms. The number of aliphatic hydroxyl groups excluding tert-OH is 2. The second kappa shape index (κ2) is 32.2. The minimum absolute atomic E-state index is 0.0964. The number of rotatable bonds is 30. The summed E-state index contributed by atoms with van der Waals surface area (Å²) in [5, 5.41) is 18.7. The van der Waals surface area contributed by atoms with Gasteiger partial charge in [-0.1, -0.05) is 120 Å². The molecule has 254 valence electrons. The number of aliphatic hydroxyl groups is 2. The molecule has 2 N–H and O–H groups in total. The molecule has 2 atom stereocenters. The monoisotopic (exact) mass is 618 g/mol. The zero-order valence-electron chi connectivity index (χ0n) is 28.4. The van der Waals surface area contributed by atoms with Gasteiger partial charge in [0.05, 0.1) is 12.7 Å². The van der Waals surface area contributed by atoms with Crippen LogP contribution in [0.25, 0.3) is 0 Å². The van der Waals surface area contributed by atoms with Gasteiger partial charge < -0.3 is 19.7 Å². The maximum Gasteiger partial charge on any atom is 0.306 e. The molecule has 0 amide bonds. The highest BCUT2D eigenvalue weighted by Crippen LogP contribution is 2.14. The highest BCUT2D eigenvalue weighted by molar-refractivity contribution is 5.70. The van der Waals surface area contributed by atoms with Crippen molar-refractivity contribution in [1.82, 2.24) is 0 Å². The van der Waals surface area contributed by atoms with Crippen LogP contribution in [-0.2, 0) is 19.1 Å². The summed E-state index contributed by atoms with van der Waals surface area (Å²) in [5.74, 6) is 0.132. The first kappa shape index (κ1) is 41.8. The third-order valence-electron chi connectivity index (χ3n) is 7.32. The average molecular weight is 619 g/mol. The highest BCUT2D eigenvalue weighted by atomic mass is 16.6. The molecule has 6 nitrogen and oxygen atoms in total. The summed E-state index contributed by atoms with van der Waals surface area (Å²) in [7, 11) is 0. The number of esters is 2. The van der Waals surface area contributed by atoms with Crippen molar-refractivity contribution >= 4 is 11.9 Å². The van der Waals surface area contributed by atoms with Gasteiger partial charge in [0.2, 0.25) is 0 Å². The lowest BCUT2D eigenvalue weighted by Gasteiger charge is -2.15. The summed E-state index contributed by atoms with van der Waals surface area (Å²) < 4.78 is 10.5. The molecule has 0 unspecified atom stereocenters. The molecular weight excluding hydrogens is 552 g/mol. The Hall–Kier alpha value is -2.18. The fourth-order valence-corrected chi connectivity index (χ4v) is 4.63. The zero-order chi connectivity index (χ0) is 32.5. The van der Waals surface area contributed by atoms with Crippen LogP contribution in [-0.4, -0.2) is 47.6 Å². The lowest BCUT2D eigenvalue weighted by atomic mass is 10.0. The second-order valence-electron chi connectivity index (χ2n) is 12.4. The van der Waals surface area contributed by atoms with E-state index in [-0.39, 0.29) is 37.7 Å². The molecule has 0 aromatic rings. The smallest absolute Gasteiger partial charge is 0.306 e. The molecule has 0 heterocycles. The van der Waals surface area contributed by atoms with Gasteiger partial charge in [-0.15, -0.1) is 0 Å². The fraction of sp³-hybridized carbons (Fsp3) is 0.737. The van der Waals surface area contributed by atoms with Crippen molar-refractivity contribution < 1.29 is 29.3 Å². The van der Waals surface area contributed by atoms with Crippen molar-refractivity contribution in [3.63, 3.8) is 0 Å². The zero-order valence-corrected chi connectivity index (χ0v) is 28.4. The maximum atomic E-state index is 12.1. The number of hydrogen-bond donors (Lipinski definition) is 2. The Morgan fingerprint density at radius 3 is 1.59 bits per heavy atom. The topological polar surface area (TPSA) is 93.1 Å². The summed E-state index contributed by atoms with van der Waals surface area (Å²) in [6.45, 7) is 5.93. The predicted octanol–water partition coefficient (Wildman–Crippen LogP) is 9.50. The van der Waals surface area contributed by atoms with Crippen molar-refractivity contribution in [2.75, 3.05) is 13.2 Å². The maximum absolute atomic E-state index is 12.1. The van der Waals surface area contributed by atoms with Gasteiger partial charge >= 0.3 is 11.9 Å². The van der Waals surface area contributed by atoms with Crippen LogP contribution in [0.1, 0.15) is 149 Å². The summed E-state index contributed by atoms with van der Waals surface area (Å²) in [5.41, 5.74) is 0. The van der Waals surface area contributed by atoms with Gasteiger partial charge in [0, 0.05) is 12.8 Å². The number of unbranched alkanes of at least 4 members (excludes halogenated alkanes) is 10. The number of carbonyl (C=O) groups excluding carboxylic acids is 2. The molecule has 0 aromatic heterocycles. The Morgan fingerprint density at radius 2 is 1.07 bits per heavy atom. The Morgan fingerprint density at radius 1 is 0.591 bits per heavy atom. The molecule has 0 bridgehead atoms. The van der Waals surface area contributed by atoms with Crippen molar-refractivity contribution in [2.45, 2.75) is 161 Å². The third-order valence-corrected chi connectivity index (χ3v) is 7.32. The highest BCUT2D eigenvalue weighted by Gasteiger charge is 2.15. The quantitative estimate of drug-likeness (QED) is 0.0473. The van der Waals surface area contributed by atoms with Crippen LogP contribution in [0.3, 0.4) is 0 Å². The van der Waals surface area contributed by atoms with Gasteiger partial charge in [0.15, 0.2) is 6.10 Å². The predicted molar refractivity (Wildman–Crippen MR) is 183 cm³/mol. The average Bonchev–Trinajstić information content (AvgIpc) is 2.99. The van der Waals surface area contributed by atoms with Gasteiger partial charge in [0.1, 0.15) is 6.61 Å². The molecular formula is C38H66O6. The Bertz CT molecular complexity index is 780. The molecule has 44 heavy (non-hydrogen) atoms. The van der Waals surface area contributed by atoms with E-state index in [2.05, 4.69) is 62.5 Å². The summed E-state index contributed by atoms with van der Waals surface area (Å²) >= 11 is 0. The van der Waals surface area contributed by atoms with E-state index in [9.17, 15) is 19.8 Å². The van der Waals surface area contributed by atoms with Crippen molar-refractivity contribution in [3.05, 3.63) is 48.6 Å². The van der Waals surface area contributed by atoms with E-state index >= 15 is 0 Å².